The number of nitrogens with zero attached hydrogens (tertiary/aromatic N) is 3. The second kappa shape index (κ2) is 7.05. The third kappa shape index (κ3) is 3.56. The highest BCUT2D eigenvalue weighted by atomic mass is 19.4. The zero-order valence-electron chi connectivity index (χ0n) is 15.1. The quantitative estimate of drug-likeness (QED) is 0.499. The Bertz CT molecular complexity index is 1250. The molecule has 0 aliphatic carbocycles. The van der Waals surface area contributed by atoms with E-state index >= 15 is 0 Å². The zero-order chi connectivity index (χ0) is 20.6. The lowest BCUT2D eigenvalue weighted by atomic mass is 10.1. The largest absolute Gasteiger partial charge is 0.416 e. The highest BCUT2D eigenvalue weighted by Crippen LogP contribution is 2.30. The maximum absolute atomic E-state index is 12.7. The summed E-state index contributed by atoms with van der Waals surface area (Å²) in [5, 5.41) is 8.67. The fourth-order valence-corrected chi connectivity index (χ4v) is 2.94. The van der Waals surface area contributed by atoms with Gasteiger partial charge in [0.1, 0.15) is 5.69 Å². The minimum absolute atomic E-state index is 0.133. The van der Waals surface area contributed by atoms with Crippen molar-refractivity contribution in [3.8, 4) is 11.3 Å². The Kier molecular flexibility index (Phi) is 4.54. The van der Waals surface area contributed by atoms with E-state index in [2.05, 4.69) is 10.3 Å². The van der Waals surface area contributed by atoms with E-state index in [0.29, 0.717) is 22.4 Å². The normalized spacial score (nSPS) is 12.1. The summed E-state index contributed by atoms with van der Waals surface area (Å²) in [4.78, 5) is 12.4. The maximum atomic E-state index is 12.7. The summed E-state index contributed by atoms with van der Waals surface area (Å²) in [7, 11) is 1.53. The van der Waals surface area contributed by atoms with Crippen molar-refractivity contribution in [2.24, 2.45) is 7.05 Å². The van der Waals surface area contributed by atoms with Gasteiger partial charge in [-0.25, -0.2) is 4.68 Å². The third-order valence-electron chi connectivity index (χ3n) is 4.41. The molecule has 0 aliphatic rings. The summed E-state index contributed by atoms with van der Waals surface area (Å²) in [6, 6.07) is 14.0. The van der Waals surface area contributed by atoms with Crippen LogP contribution < -0.4 is 5.56 Å². The number of hydrogen-bond acceptors (Lipinski definition) is 4. The number of fused-ring (bicyclic) bond motifs is 1. The molecule has 0 saturated heterocycles. The highest BCUT2D eigenvalue weighted by molar-refractivity contribution is 5.97. The number of rotatable bonds is 3. The lowest BCUT2D eigenvalue weighted by Gasteiger charge is -2.06. The molecular weight excluding hydrogens is 383 g/mol. The summed E-state index contributed by atoms with van der Waals surface area (Å²) in [5.74, 6) is 0.295. The molecular formula is C21H14F3N3O2. The summed E-state index contributed by atoms with van der Waals surface area (Å²) in [6.07, 6.45) is -1.24. The van der Waals surface area contributed by atoms with E-state index in [1.807, 2.05) is 30.3 Å². The zero-order valence-corrected chi connectivity index (χ0v) is 15.1. The van der Waals surface area contributed by atoms with Gasteiger partial charge in [-0.05, 0) is 23.8 Å². The molecule has 0 N–H and O–H groups in total. The van der Waals surface area contributed by atoms with Crippen molar-refractivity contribution in [3.05, 3.63) is 81.8 Å². The second-order valence-electron chi connectivity index (χ2n) is 6.37. The highest BCUT2D eigenvalue weighted by Gasteiger charge is 2.29. The molecule has 0 amide bonds. The van der Waals surface area contributed by atoms with Gasteiger partial charge in [0, 0.05) is 12.6 Å². The van der Waals surface area contributed by atoms with E-state index in [0.717, 1.165) is 17.7 Å². The first-order chi connectivity index (χ1) is 13.8. The fraction of sp³-hybridized carbons (Fsp3) is 0.0952. The molecule has 4 rings (SSSR count). The summed E-state index contributed by atoms with van der Waals surface area (Å²) in [6.45, 7) is 0. The standard InChI is InChI=1S/C21H14F3N3O2/c1-27-20(28)19-17(18(25-27)14-5-3-2-4-6-14)16(29-26-19)12-9-13-7-10-15(11-8-13)21(22,23)24/h2-12H,1H3/b12-9+. The first-order valence-electron chi connectivity index (χ1n) is 8.62. The van der Waals surface area contributed by atoms with Crippen LogP contribution in [0.3, 0.4) is 0 Å². The van der Waals surface area contributed by atoms with Crippen molar-refractivity contribution in [1.29, 1.82) is 0 Å². The predicted molar refractivity (Wildman–Crippen MR) is 103 cm³/mol. The number of benzene rings is 2. The van der Waals surface area contributed by atoms with Crippen LogP contribution in [0.5, 0.6) is 0 Å². The van der Waals surface area contributed by atoms with Gasteiger partial charge in [0.25, 0.3) is 5.56 Å². The van der Waals surface area contributed by atoms with Crippen LogP contribution in [0.25, 0.3) is 34.3 Å². The van der Waals surface area contributed by atoms with Crippen LogP contribution >= 0.6 is 0 Å². The molecule has 146 valence electrons. The average Bonchev–Trinajstić information content (AvgIpc) is 3.14. The van der Waals surface area contributed by atoms with Gasteiger partial charge in [-0.1, -0.05) is 53.7 Å². The molecule has 0 radical (unpaired) electrons. The molecule has 0 fully saturated rings. The van der Waals surface area contributed by atoms with Crippen molar-refractivity contribution >= 4 is 23.1 Å². The van der Waals surface area contributed by atoms with Gasteiger partial charge in [0.05, 0.1) is 10.9 Å². The Hall–Kier alpha value is -3.68. The van der Waals surface area contributed by atoms with E-state index in [1.54, 1.807) is 12.2 Å². The molecule has 0 bridgehead atoms. The van der Waals surface area contributed by atoms with Crippen molar-refractivity contribution < 1.29 is 17.7 Å². The molecule has 0 unspecified atom stereocenters. The predicted octanol–water partition coefficient (Wildman–Crippen LogP) is 4.78. The fourth-order valence-electron chi connectivity index (χ4n) is 2.94. The van der Waals surface area contributed by atoms with Crippen LogP contribution in [0.2, 0.25) is 0 Å². The maximum Gasteiger partial charge on any atom is 0.416 e. The van der Waals surface area contributed by atoms with Crippen LogP contribution in [-0.2, 0) is 13.2 Å². The van der Waals surface area contributed by atoms with Gasteiger partial charge >= 0.3 is 6.18 Å². The molecule has 4 aromatic rings. The third-order valence-corrected chi connectivity index (χ3v) is 4.41. The molecule has 0 spiro atoms. The van der Waals surface area contributed by atoms with Gasteiger partial charge in [-0.2, -0.15) is 18.3 Å². The van der Waals surface area contributed by atoms with E-state index in [4.69, 9.17) is 4.52 Å². The van der Waals surface area contributed by atoms with E-state index < -0.39 is 17.3 Å². The summed E-state index contributed by atoms with van der Waals surface area (Å²) >= 11 is 0. The molecule has 5 nitrogen and oxygen atoms in total. The summed E-state index contributed by atoms with van der Waals surface area (Å²) < 4.78 is 44.6. The minimum atomic E-state index is -4.39. The van der Waals surface area contributed by atoms with Gasteiger partial charge in [-0.3, -0.25) is 4.79 Å². The second-order valence-corrected chi connectivity index (χ2v) is 6.37. The van der Waals surface area contributed by atoms with Crippen LogP contribution in [-0.4, -0.2) is 14.9 Å². The topological polar surface area (TPSA) is 60.9 Å². The lowest BCUT2D eigenvalue weighted by molar-refractivity contribution is -0.137. The van der Waals surface area contributed by atoms with E-state index in [1.165, 1.54) is 23.9 Å². The van der Waals surface area contributed by atoms with Gasteiger partial charge < -0.3 is 4.52 Å². The lowest BCUT2D eigenvalue weighted by Crippen LogP contribution is -2.20. The van der Waals surface area contributed by atoms with Crippen molar-refractivity contribution in [2.45, 2.75) is 6.18 Å². The summed E-state index contributed by atoms with van der Waals surface area (Å²) in [5.41, 5.74) is 0.849. The smallest absolute Gasteiger partial charge is 0.355 e. The van der Waals surface area contributed by atoms with Gasteiger partial charge in [0.15, 0.2) is 11.3 Å². The molecule has 8 heteroatoms. The molecule has 2 aromatic carbocycles. The number of hydrogen-bond donors (Lipinski definition) is 0. The van der Waals surface area contributed by atoms with Gasteiger partial charge in [0.2, 0.25) is 0 Å². The number of halogens is 3. The van der Waals surface area contributed by atoms with Gasteiger partial charge in [-0.15, -0.1) is 0 Å². The van der Waals surface area contributed by atoms with Crippen LogP contribution in [0, 0.1) is 0 Å². The number of aromatic nitrogens is 3. The molecule has 0 atom stereocenters. The average molecular weight is 397 g/mol. The Morgan fingerprint density at radius 2 is 1.69 bits per heavy atom. The molecule has 2 heterocycles. The van der Waals surface area contributed by atoms with E-state index in [-0.39, 0.29) is 5.52 Å². The molecule has 0 aliphatic heterocycles. The SMILES string of the molecule is Cn1nc(-c2ccccc2)c2c(/C=C/c3ccc(C(F)(F)F)cc3)onc2c1=O. The van der Waals surface area contributed by atoms with Crippen molar-refractivity contribution in [3.63, 3.8) is 0 Å². The van der Waals surface area contributed by atoms with Crippen molar-refractivity contribution in [2.75, 3.05) is 0 Å². The Morgan fingerprint density at radius 1 is 1.00 bits per heavy atom. The van der Waals surface area contributed by atoms with Crippen molar-refractivity contribution in [1.82, 2.24) is 14.9 Å². The molecule has 29 heavy (non-hydrogen) atoms. The monoisotopic (exact) mass is 397 g/mol. The molecule has 2 aromatic heterocycles. The Balaban J connectivity index is 1.80. The first-order valence-corrected chi connectivity index (χ1v) is 8.62. The van der Waals surface area contributed by atoms with Crippen LogP contribution in [0.1, 0.15) is 16.9 Å². The van der Waals surface area contributed by atoms with Crippen LogP contribution in [0.15, 0.2) is 63.9 Å². The Morgan fingerprint density at radius 3 is 2.34 bits per heavy atom. The molecule has 0 saturated carbocycles. The number of aryl methyl sites for hydroxylation is 1. The van der Waals surface area contributed by atoms with E-state index in [9.17, 15) is 18.0 Å². The first kappa shape index (κ1) is 18.7. The Labute approximate surface area is 162 Å². The van der Waals surface area contributed by atoms with Crippen LogP contribution in [0.4, 0.5) is 13.2 Å². The minimum Gasteiger partial charge on any atom is -0.355 e. The number of alkyl halides is 3.